The molecular formula is C13H24N4OS. The minimum Gasteiger partial charge on any atom is -0.370 e. The van der Waals surface area contributed by atoms with Crippen molar-refractivity contribution in [2.75, 3.05) is 35.7 Å². The molecule has 0 aliphatic rings. The number of anilines is 2. The van der Waals surface area contributed by atoms with Crippen LogP contribution in [-0.2, 0) is 10.8 Å². The van der Waals surface area contributed by atoms with Crippen molar-refractivity contribution in [3.63, 3.8) is 0 Å². The molecule has 19 heavy (non-hydrogen) atoms. The summed E-state index contributed by atoms with van der Waals surface area (Å²) in [5, 5.41) is 6.59. The maximum absolute atomic E-state index is 11.1. The fourth-order valence-corrected chi connectivity index (χ4v) is 2.17. The molecule has 0 bridgehead atoms. The van der Waals surface area contributed by atoms with Gasteiger partial charge in [-0.2, -0.15) is 0 Å². The van der Waals surface area contributed by atoms with Crippen molar-refractivity contribution in [2.24, 2.45) is 0 Å². The Bertz CT molecular complexity index is 423. The van der Waals surface area contributed by atoms with Gasteiger partial charge in [0.05, 0.1) is 0 Å². The zero-order valence-corrected chi connectivity index (χ0v) is 13.0. The van der Waals surface area contributed by atoms with Crippen molar-refractivity contribution < 1.29 is 4.21 Å². The van der Waals surface area contributed by atoms with Crippen molar-refractivity contribution in [1.29, 1.82) is 0 Å². The average molecular weight is 284 g/mol. The number of nitrogens with one attached hydrogen (secondary N) is 2. The first-order chi connectivity index (χ1) is 9.06. The summed E-state index contributed by atoms with van der Waals surface area (Å²) in [6.07, 6.45) is 4.33. The molecule has 1 aromatic rings. The van der Waals surface area contributed by atoms with Crippen LogP contribution < -0.4 is 10.6 Å². The molecule has 1 atom stereocenters. The summed E-state index contributed by atoms with van der Waals surface area (Å²) in [6, 6.07) is 0. The van der Waals surface area contributed by atoms with E-state index in [9.17, 15) is 4.21 Å². The summed E-state index contributed by atoms with van der Waals surface area (Å²) in [5.74, 6) is 2.69. The van der Waals surface area contributed by atoms with Crippen molar-refractivity contribution in [3.05, 3.63) is 11.9 Å². The standard InChI is InChI=1S/C13H24N4OS/c1-5-6-14-12-11(10(2)3)13(17-9-16-12)15-7-8-19(4)18/h9-10H,5-8H2,1-4H3,(H2,14,15,16,17). The second-order valence-corrected chi connectivity index (χ2v) is 6.32. The Balaban J connectivity index is 2.86. The molecule has 0 saturated carbocycles. The van der Waals surface area contributed by atoms with Crippen molar-refractivity contribution in [1.82, 2.24) is 9.97 Å². The van der Waals surface area contributed by atoms with E-state index in [1.165, 1.54) is 0 Å². The zero-order chi connectivity index (χ0) is 14.3. The lowest BCUT2D eigenvalue weighted by Gasteiger charge is -2.17. The largest absolute Gasteiger partial charge is 0.370 e. The maximum atomic E-state index is 11.1. The molecule has 0 radical (unpaired) electrons. The van der Waals surface area contributed by atoms with Crippen molar-refractivity contribution in [2.45, 2.75) is 33.1 Å². The molecule has 0 amide bonds. The molecule has 2 N–H and O–H groups in total. The van der Waals surface area contributed by atoms with Gasteiger partial charge in [-0.25, -0.2) is 9.97 Å². The van der Waals surface area contributed by atoms with E-state index in [-0.39, 0.29) is 0 Å². The molecule has 1 rings (SSSR count). The third kappa shape index (κ3) is 5.14. The number of hydrogen-bond donors (Lipinski definition) is 2. The van der Waals surface area contributed by atoms with Crippen molar-refractivity contribution >= 4 is 22.4 Å². The van der Waals surface area contributed by atoms with E-state index in [1.54, 1.807) is 12.6 Å². The summed E-state index contributed by atoms with van der Waals surface area (Å²) in [6.45, 7) is 7.93. The van der Waals surface area contributed by atoms with E-state index in [0.29, 0.717) is 18.2 Å². The van der Waals surface area contributed by atoms with Crippen LogP contribution in [0.4, 0.5) is 11.6 Å². The van der Waals surface area contributed by atoms with Gasteiger partial charge in [0.1, 0.15) is 18.0 Å². The van der Waals surface area contributed by atoms with Crippen LogP contribution in [0.2, 0.25) is 0 Å². The Hall–Kier alpha value is -1.17. The molecule has 1 aromatic heterocycles. The molecule has 0 fully saturated rings. The molecule has 108 valence electrons. The topological polar surface area (TPSA) is 66.9 Å². The van der Waals surface area contributed by atoms with Gasteiger partial charge >= 0.3 is 0 Å². The van der Waals surface area contributed by atoms with Gasteiger partial charge in [0.2, 0.25) is 0 Å². The molecule has 1 unspecified atom stereocenters. The minimum absolute atomic E-state index is 0.329. The van der Waals surface area contributed by atoms with Crippen LogP contribution in [0.25, 0.3) is 0 Å². The maximum Gasteiger partial charge on any atom is 0.135 e. The predicted octanol–water partition coefficient (Wildman–Crippen LogP) is 2.21. The number of rotatable bonds is 8. The quantitative estimate of drug-likeness (QED) is 0.766. The van der Waals surface area contributed by atoms with Gasteiger partial charge < -0.3 is 10.6 Å². The Labute approximate surface area is 118 Å². The van der Waals surface area contributed by atoms with Gasteiger partial charge in [0, 0.05) is 41.5 Å². The lowest BCUT2D eigenvalue weighted by atomic mass is 10.0. The van der Waals surface area contributed by atoms with E-state index >= 15 is 0 Å². The van der Waals surface area contributed by atoms with Gasteiger partial charge in [-0.3, -0.25) is 4.21 Å². The Morgan fingerprint density at radius 3 is 2.26 bits per heavy atom. The van der Waals surface area contributed by atoms with E-state index in [0.717, 1.165) is 30.2 Å². The first-order valence-electron chi connectivity index (χ1n) is 6.68. The number of aromatic nitrogens is 2. The smallest absolute Gasteiger partial charge is 0.135 e. The predicted molar refractivity (Wildman–Crippen MR) is 82.3 cm³/mol. The lowest BCUT2D eigenvalue weighted by Crippen LogP contribution is -2.15. The summed E-state index contributed by atoms with van der Waals surface area (Å²) < 4.78 is 11.1. The van der Waals surface area contributed by atoms with Crippen LogP contribution >= 0.6 is 0 Å². The van der Waals surface area contributed by atoms with Crippen LogP contribution in [0.15, 0.2) is 6.33 Å². The van der Waals surface area contributed by atoms with Crippen molar-refractivity contribution in [3.8, 4) is 0 Å². The lowest BCUT2D eigenvalue weighted by molar-refractivity contribution is 0.687. The molecular weight excluding hydrogens is 260 g/mol. The summed E-state index contributed by atoms with van der Waals surface area (Å²) in [5.41, 5.74) is 1.10. The Morgan fingerprint density at radius 2 is 1.79 bits per heavy atom. The van der Waals surface area contributed by atoms with Gasteiger partial charge in [-0.1, -0.05) is 20.8 Å². The van der Waals surface area contributed by atoms with Gasteiger partial charge in [-0.15, -0.1) is 0 Å². The van der Waals surface area contributed by atoms with Crippen LogP contribution in [-0.4, -0.2) is 39.3 Å². The third-order valence-corrected chi connectivity index (χ3v) is 3.46. The Morgan fingerprint density at radius 1 is 1.21 bits per heavy atom. The highest BCUT2D eigenvalue weighted by Gasteiger charge is 2.14. The first-order valence-corrected chi connectivity index (χ1v) is 8.41. The fourth-order valence-electron chi connectivity index (χ4n) is 1.78. The third-order valence-electron chi connectivity index (χ3n) is 2.69. The second kappa shape index (κ2) is 8.09. The van der Waals surface area contributed by atoms with Crippen LogP contribution in [0.3, 0.4) is 0 Å². The van der Waals surface area contributed by atoms with Gasteiger partial charge in [0.25, 0.3) is 0 Å². The Kier molecular flexibility index (Phi) is 6.77. The van der Waals surface area contributed by atoms with E-state index in [1.807, 2.05) is 0 Å². The molecule has 6 heteroatoms. The molecule has 0 saturated heterocycles. The molecule has 5 nitrogen and oxygen atoms in total. The fraction of sp³-hybridized carbons (Fsp3) is 0.692. The molecule has 0 spiro atoms. The van der Waals surface area contributed by atoms with Gasteiger partial charge in [0.15, 0.2) is 0 Å². The second-order valence-electron chi connectivity index (χ2n) is 4.77. The van der Waals surface area contributed by atoms with E-state index in [4.69, 9.17) is 0 Å². The molecule has 1 heterocycles. The highest BCUT2D eigenvalue weighted by molar-refractivity contribution is 7.84. The first kappa shape index (κ1) is 15.9. The van der Waals surface area contributed by atoms with Crippen LogP contribution in [0.5, 0.6) is 0 Å². The monoisotopic (exact) mass is 284 g/mol. The number of hydrogen-bond acceptors (Lipinski definition) is 5. The summed E-state index contributed by atoms with van der Waals surface area (Å²) in [7, 11) is -0.788. The van der Waals surface area contributed by atoms with Crippen LogP contribution in [0.1, 0.15) is 38.7 Å². The zero-order valence-electron chi connectivity index (χ0n) is 12.2. The molecule has 0 aliphatic heterocycles. The summed E-state index contributed by atoms with van der Waals surface area (Å²) >= 11 is 0. The highest BCUT2D eigenvalue weighted by atomic mass is 32.2. The molecule has 0 aromatic carbocycles. The average Bonchev–Trinajstić information content (AvgIpc) is 2.35. The van der Waals surface area contributed by atoms with E-state index < -0.39 is 10.8 Å². The SMILES string of the molecule is CCCNc1ncnc(NCCS(C)=O)c1C(C)C. The van der Waals surface area contributed by atoms with Gasteiger partial charge in [-0.05, 0) is 12.3 Å². The summed E-state index contributed by atoms with van der Waals surface area (Å²) in [4.78, 5) is 8.62. The normalized spacial score (nSPS) is 12.5. The van der Waals surface area contributed by atoms with E-state index in [2.05, 4.69) is 41.4 Å². The highest BCUT2D eigenvalue weighted by Crippen LogP contribution is 2.28. The molecule has 0 aliphatic carbocycles. The minimum atomic E-state index is -0.788. The van der Waals surface area contributed by atoms with Crippen LogP contribution in [0, 0.1) is 0 Å². The number of nitrogens with zero attached hydrogens (tertiary/aromatic N) is 2.